The number of H-pyrrole nitrogens is 1. The molecule has 3 aliphatic carbocycles. The lowest BCUT2D eigenvalue weighted by Crippen LogP contribution is -2.59. The maximum absolute atomic E-state index is 12.2. The summed E-state index contributed by atoms with van der Waals surface area (Å²) in [7, 11) is 1.97. The number of nitrogens with zero attached hydrogens (tertiary/aromatic N) is 1. The maximum Gasteiger partial charge on any atom is 0.246 e. The van der Waals surface area contributed by atoms with Crippen molar-refractivity contribution in [2.45, 2.75) is 58.1 Å². The summed E-state index contributed by atoms with van der Waals surface area (Å²) in [5.41, 5.74) is 2.31. The van der Waals surface area contributed by atoms with Crippen molar-refractivity contribution in [1.29, 1.82) is 0 Å². The van der Waals surface area contributed by atoms with Crippen LogP contribution in [0.5, 0.6) is 0 Å². The zero-order valence-electron chi connectivity index (χ0n) is 17.2. The first-order valence-corrected chi connectivity index (χ1v) is 10.8. The van der Waals surface area contributed by atoms with Crippen LogP contribution in [0, 0.1) is 28.6 Å². The molecule has 1 aromatic rings. The Morgan fingerprint density at radius 2 is 2.07 bits per heavy atom. The normalized spacial score (nSPS) is 46.4. The molecule has 1 aliphatic heterocycles. The lowest BCUT2D eigenvalue weighted by atomic mass is 9.48. The fourth-order valence-corrected chi connectivity index (χ4v) is 7.37. The summed E-state index contributed by atoms with van der Waals surface area (Å²) in [6, 6.07) is 4.39. The van der Waals surface area contributed by atoms with Gasteiger partial charge >= 0.3 is 0 Å². The Bertz CT molecular complexity index is 841. The van der Waals surface area contributed by atoms with Crippen LogP contribution >= 0.6 is 0 Å². The zero-order chi connectivity index (χ0) is 19.7. The number of aromatic amines is 1. The number of amides is 1. The molecule has 4 heteroatoms. The summed E-state index contributed by atoms with van der Waals surface area (Å²) in [5, 5.41) is 11.3. The van der Waals surface area contributed by atoms with Crippen LogP contribution in [0.4, 0.5) is 0 Å². The van der Waals surface area contributed by atoms with Crippen molar-refractivity contribution in [3.8, 4) is 0 Å². The Hall–Kier alpha value is -1.81. The number of nitrogens with one attached hydrogen (secondary N) is 1. The zero-order valence-corrected chi connectivity index (χ0v) is 17.2. The van der Waals surface area contributed by atoms with E-state index in [-0.39, 0.29) is 22.8 Å². The van der Waals surface area contributed by atoms with Crippen LogP contribution in [0.1, 0.15) is 51.6 Å². The highest BCUT2D eigenvalue weighted by Gasteiger charge is 2.61. The molecule has 1 aromatic heterocycles. The van der Waals surface area contributed by atoms with Crippen LogP contribution in [0.25, 0.3) is 6.08 Å². The van der Waals surface area contributed by atoms with Gasteiger partial charge in [-0.2, -0.15) is 0 Å². The fourth-order valence-electron chi connectivity index (χ4n) is 7.37. The molecule has 0 unspecified atom stereocenters. The van der Waals surface area contributed by atoms with Crippen molar-refractivity contribution in [3.05, 3.63) is 41.7 Å². The third kappa shape index (κ3) is 2.36. The Morgan fingerprint density at radius 3 is 2.82 bits per heavy atom. The van der Waals surface area contributed by atoms with Crippen LogP contribution in [-0.4, -0.2) is 40.1 Å². The van der Waals surface area contributed by atoms with Gasteiger partial charge in [0.05, 0.1) is 6.10 Å². The average molecular weight is 381 g/mol. The predicted molar refractivity (Wildman–Crippen MR) is 110 cm³/mol. The number of fused-ring (bicyclic) bond motifs is 5. The van der Waals surface area contributed by atoms with Gasteiger partial charge in [-0.05, 0) is 79.7 Å². The van der Waals surface area contributed by atoms with Gasteiger partial charge in [-0.15, -0.1) is 0 Å². The molecule has 1 amide bonds. The molecule has 0 aromatic carbocycles. The Kier molecular flexibility index (Phi) is 3.97. The summed E-state index contributed by atoms with van der Waals surface area (Å²) in [6.45, 7) is 4.69. The van der Waals surface area contributed by atoms with Crippen molar-refractivity contribution in [2.24, 2.45) is 28.6 Å². The van der Waals surface area contributed by atoms with Crippen molar-refractivity contribution >= 4 is 12.0 Å². The highest BCUT2D eigenvalue weighted by molar-refractivity contribution is 5.89. The number of aliphatic hydroxyl groups excluding tert-OH is 1. The van der Waals surface area contributed by atoms with E-state index in [1.54, 1.807) is 6.08 Å². The van der Waals surface area contributed by atoms with E-state index in [1.165, 1.54) is 12.0 Å². The summed E-state index contributed by atoms with van der Waals surface area (Å²) in [4.78, 5) is 17.4. The second-order valence-electron chi connectivity index (χ2n) is 10.1. The fraction of sp³-hybridized carbons (Fsp3) is 0.625. The lowest BCUT2D eigenvalue weighted by molar-refractivity contribution is -0.140. The minimum absolute atomic E-state index is 0.0249. The minimum Gasteiger partial charge on any atom is -0.388 e. The summed E-state index contributed by atoms with van der Waals surface area (Å²) >= 11 is 0. The molecule has 0 bridgehead atoms. The van der Waals surface area contributed by atoms with E-state index in [4.69, 9.17) is 0 Å². The molecule has 3 saturated carbocycles. The molecule has 0 radical (unpaired) electrons. The van der Waals surface area contributed by atoms with Crippen LogP contribution in [0.2, 0.25) is 0 Å². The van der Waals surface area contributed by atoms with Gasteiger partial charge in [-0.3, -0.25) is 4.79 Å². The van der Waals surface area contributed by atoms with Crippen LogP contribution < -0.4 is 0 Å². The number of aliphatic hydroxyl groups is 1. The van der Waals surface area contributed by atoms with Crippen LogP contribution in [0.15, 0.2) is 36.1 Å². The monoisotopic (exact) mass is 380 g/mol. The largest absolute Gasteiger partial charge is 0.388 e. The lowest BCUT2D eigenvalue weighted by Gasteiger charge is -2.59. The number of hydrogen-bond acceptors (Lipinski definition) is 2. The molecule has 28 heavy (non-hydrogen) atoms. The molecule has 7 atom stereocenters. The first kappa shape index (κ1) is 18.2. The molecular weight excluding hydrogens is 348 g/mol. The molecule has 2 N–H and O–H groups in total. The van der Waals surface area contributed by atoms with E-state index in [1.807, 2.05) is 24.2 Å². The molecule has 3 fully saturated rings. The van der Waals surface area contributed by atoms with Crippen LogP contribution in [0.3, 0.4) is 0 Å². The van der Waals surface area contributed by atoms with Gasteiger partial charge in [0.2, 0.25) is 5.91 Å². The maximum atomic E-state index is 12.2. The molecular formula is C24H32N2O2. The van der Waals surface area contributed by atoms with Gasteiger partial charge in [-0.25, -0.2) is 0 Å². The van der Waals surface area contributed by atoms with Gasteiger partial charge in [0.1, 0.15) is 0 Å². The molecule has 0 spiro atoms. The highest BCUT2D eigenvalue weighted by atomic mass is 16.3. The first-order chi connectivity index (χ1) is 13.3. The molecule has 4 aliphatic rings. The van der Waals surface area contributed by atoms with Gasteiger partial charge in [0.15, 0.2) is 0 Å². The van der Waals surface area contributed by atoms with Crippen molar-refractivity contribution in [3.63, 3.8) is 0 Å². The highest BCUT2D eigenvalue weighted by Crippen LogP contribution is 2.64. The van der Waals surface area contributed by atoms with Gasteiger partial charge in [0, 0.05) is 35.8 Å². The van der Waals surface area contributed by atoms with E-state index in [2.05, 4.69) is 37.0 Å². The van der Waals surface area contributed by atoms with Crippen LogP contribution in [-0.2, 0) is 4.79 Å². The van der Waals surface area contributed by atoms with Crippen molar-refractivity contribution < 1.29 is 9.90 Å². The Morgan fingerprint density at radius 1 is 1.25 bits per heavy atom. The summed E-state index contributed by atoms with van der Waals surface area (Å²) in [6.07, 6.45) is 13.2. The predicted octanol–water partition coefficient (Wildman–Crippen LogP) is 4.01. The number of aromatic nitrogens is 1. The van der Waals surface area contributed by atoms with E-state index in [0.29, 0.717) is 23.8 Å². The number of likely N-dealkylation sites (N-methyl/N-ethyl adjacent to an activating group) is 1. The number of carbonyl (C=O) groups is 1. The van der Waals surface area contributed by atoms with Gasteiger partial charge in [-0.1, -0.05) is 19.9 Å². The Balaban J connectivity index is 1.49. The van der Waals surface area contributed by atoms with Gasteiger partial charge < -0.3 is 15.0 Å². The second-order valence-corrected chi connectivity index (χ2v) is 10.1. The van der Waals surface area contributed by atoms with E-state index in [0.717, 1.165) is 31.4 Å². The molecule has 2 heterocycles. The molecule has 5 rings (SSSR count). The average Bonchev–Trinajstić information content (AvgIpc) is 3.27. The molecule has 4 nitrogen and oxygen atoms in total. The minimum atomic E-state index is -0.349. The number of rotatable bonds is 1. The molecule has 150 valence electrons. The van der Waals surface area contributed by atoms with Crippen molar-refractivity contribution in [2.75, 3.05) is 7.05 Å². The molecule has 0 saturated heterocycles. The third-order valence-electron chi connectivity index (χ3n) is 8.96. The second kappa shape index (κ2) is 6.09. The SMILES string of the molecule is CN1C(=O)C=C[C@]2(C)[C@H]3CC[C@]4(C)[C@@H](O)/C(=C\c5ccc[nH]5)C[C@H]4[C@@H]3CC[C@@H]12. The standard InChI is InChI=1S/C24H32N2O2/c1-23-11-9-21(27)26(3)20(23)7-6-17-18(23)8-10-24(2)19(17)14-15(22(24)28)13-16-5-4-12-25-16/h4-5,9,11-13,17-20,22,25,28H,6-8,10,14H2,1-3H3/b15-13-/t17-,18+,19+,20-,22+,23-,24+/m1/s1. The van der Waals surface area contributed by atoms with Crippen molar-refractivity contribution in [1.82, 2.24) is 9.88 Å². The topological polar surface area (TPSA) is 56.3 Å². The van der Waals surface area contributed by atoms with Gasteiger partial charge in [0.25, 0.3) is 0 Å². The van der Waals surface area contributed by atoms with E-state index < -0.39 is 0 Å². The number of carbonyl (C=O) groups excluding carboxylic acids is 1. The quantitative estimate of drug-likeness (QED) is 0.773. The Labute approximate surface area is 167 Å². The van der Waals surface area contributed by atoms with E-state index in [9.17, 15) is 9.90 Å². The third-order valence-corrected chi connectivity index (χ3v) is 8.96. The summed E-state index contributed by atoms with van der Waals surface area (Å²) < 4.78 is 0. The van der Waals surface area contributed by atoms with E-state index >= 15 is 0 Å². The smallest absolute Gasteiger partial charge is 0.246 e. The number of hydrogen-bond donors (Lipinski definition) is 2. The summed E-state index contributed by atoms with van der Waals surface area (Å²) in [5.74, 6) is 1.88. The first-order valence-electron chi connectivity index (χ1n) is 10.8.